The second-order valence-corrected chi connectivity index (χ2v) is 2.39. The highest BCUT2D eigenvalue weighted by Crippen LogP contribution is 2.16. The number of rotatable bonds is 2. The van der Waals surface area contributed by atoms with Crippen molar-refractivity contribution in [2.24, 2.45) is 0 Å². The van der Waals surface area contributed by atoms with Crippen LogP contribution < -0.4 is 10.2 Å². The minimum atomic E-state index is -0.466. The van der Waals surface area contributed by atoms with Crippen LogP contribution in [0.5, 0.6) is 5.75 Å². The van der Waals surface area contributed by atoms with Crippen LogP contribution in [0.25, 0.3) is 0 Å². The molecule has 0 bridgehead atoms. The molecule has 0 saturated carbocycles. The summed E-state index contributed by atoms with van der Waals surface area (Å²) in [5.41, 5.74) is 1.05. The van der Waals surface area contributed by atoms with Crippen LogP contribution in [0.15, 0.2) is 12.1 Å². The molecule has 0 spiro atoms. The van der Waals surface area contributed by atoms with Crippen LogP contribution >= 0.6 is 0 Å². The smallest absolute Gasteiger partial charge is 0.164 e. The van der Waals surface area contributed by atoms with Gasteiger partial charge in [-0.1, -0.05) is 17.3 Å². The molecule has 0 aromatic heterocycles. The Bertz CT molecular complexity index is 263. The summed E-state index contributed by atoms with van der Waals surface area (Å²) in [6, 6.07) is 2.71. The Morgan fingerprint density at radius 1 is 1.50 bits per heavy atom. The van der Waals surface area contributed by atoms with E-state index >= 15 is 0 Å². The molecule has 0 saturated heterocycles. The molecule has 0 fully saturated rings. The van der Waals surface area contributed by atoms with Gasteiger partial charge in [0.2, 0.25) is 0 Å². The Balaban J connectivity index is 3.18. The first-order valence-corrected chi connectivity index (χ1v) is 3.51. The van der Waals surface area contributed by atoms with E-state index < -0.39 is 5.82 Å². The highest BCUT2D eigenvalue weighted by Gasteiger charge is 2.04. The zero-order valence-corrected chi connectivity index (χ0v) is 6.80. The van der Waals surface area contributed by atoms with Crippen molar-refractivity contribution in [3.05, 3.63) is 23.5 Å². The van der Waals surface area contributed by atoms with E-state index in [1.807, 2.05) is 0 Å². The van der Waals surface area contributed by atoms with Gasteiger partial charge in [0.25, 0.3) is 0 Å². The van der Waals surface area contributed by atoms with Crippen molar-refractivity contribution in [3.8, 4) is 5.75 Å². The molecule has 4 radical (unpaired) electrons. The van der Waals surface area contributed by atoms with Gasteiger partial charge in [-0.05, 0) is 12.1 Å². The minimum Gasteiger partial charge on any atom is -0.494 e. The van der Waals surface area contributed by atoms with Crippen LogP contribution in [-0.2, 0) is 6.32 Å². The summed E-state index contributed by atoms with van der Waals surface area (Å²) in [5.74, 6) is -0.295. The van der Waals surface area contributed by atoms with Crippen LogP contribution in [0.3, 0.4) is 0 Å². The zero-order valence-electron chi connectivity index (χ0n) is 6.80. The first-order valence-electron chi connectivity index (χ1n) is 3.51. The van der Waals surface area contributed by atoms with Gasteiger partial charge in [0.1, 0.15) is 7.85 Å². The Kier molecular flexibility index (Phi) is 2.79. The number of methoxy groups -OCH3 is 1. The van der Waals surface area contributed by atoms with Crippen molar-refractivity contribution in [1.29, 1.82) is 0 Å². The summed E-state index contributed by atoms with van der Waals surface area (Å²) in [6.07, 6.45) is 0.280. The van der Waals surface area contributed by atoms with Gasteiger partial charge in [-0.25, -0.2) is 4.39 Å². The molecule has 0 aliphatic rings. The fourth-order valence-electron chi connectivity index (χ4n) is 0.944. The van der Waals surface area contributed by atoms with Crippen molar-refractivity contribution >= 4 is 21.2 Å². The van der Waals surface area contributed by atoms with E-state index in [0.717, 1.165) is 0 Å². The standard InChI is InChI=1S/C8H7B2FO/c1-12-8-2-5(4-9)6(10)3-7(8)11/h2-3H,4H2,1H3. The molecule has 1 aromatic rings. The molecule has 1 nitrogen and oxygen atoms in total. The third-order valence-electron chi connectivity index (χ3n) is 1.63. The highest BCUT2D eigenvalue weighted by molar-refractivity contribution is 6.34. The van der Waals surface area contributed by atoms with Crippen molar-refractivity contribution in [2.75, 3.05) is 7.11 Å². The van der Waals surface area contributed by atoms with Gasteiger partial charge < -0.3 is 4.74 Å². The normalized spacial score (nSPS) is 9.83. The third-order valence-corrected chi connectivity index (χ3v) is 1.63. The molecule has 1 rings (SSSR count). The summed E-state index contributed by atoms with van der Waals surface area (Å²) in [6.45, 7) is 0. The summed E-state index contributed by atoms with van der Waals surface area (Å²) >= 11 is 0. The summed E-state index contributed by atoms with van der Waals surface area (Å²) < 4.78 is 17.7. The number of hydrogen-bond acceptors (Lipinski definition) is 1. The average Bonchev–Trinajstić information content (AvgIpc) is 2.05. The number of halogens is 1. The molecule has 58 valence electrons. The highest BCUT2D eigenvalue weighted by atomic mass is 19.1. The molecule has 12 heavy (non-hydrogen) atoms. The summed E-state index contributed by atoms with van der Waals surface area (Å²) in [5, 5.41) is 0. The van der Waals surface area contributed by atoms with Gasteiger partial charge >= 0.3 is 0 Å². The lowest BCUT2D eigenvalue weighted by Crippen LogP contribution is -2.12. The van der Waals surface area contributed by atoms with E-state index in [1.165, 1.54) is 19.2 Å². The Labute approximate surface area is 73.7 Å². The lowest BCUT2D eigenvalue weighted by Gasteiger charge is -2.07. The Morgan fingerprint density at radius 3 is 2.67 bits per heavy atom. The van der Waals surface area contributed by atoms with E-state index in [4.69, 9.17) is 20.4 Å². The molecular weight excluding hydrogens is 153 g/mol. The first-order chi connectivity index (χ1) is 5.69. The minimum absolute atomic E-state index is 0.171. The van der Waals surface area contributed by atoms with Crippen LogP contribution in [0.1, 0.15) is 5.56 Å². The van der Waals surface area contributed by atoms with Crippen LogP contribution in [0.4, 0.5) is 4.39 Å². The van der Waals surface area contributed by atoms with Crippen LogP contribution in [-0.4, -0.2) is 22.8 Å². The van der Waals surface area contributed by atoms with E-state index in [9.17, 15) is 4.39 Å². The number of hydrogen-bond donors (Lipinski definition) is 0. The van der Waals surface area contributed by atoms with Crippen molar-refractivity contribution in [3.63, 3.8) is 0 Å². The second-order valence-electron chi connectivity index (χ2n) is 2.39. The quantitative estimate of drug-likeness (QED) is 0.565. The largest absolute Gasteiger partial charge is 0.494 e. The first kappa shape index (κ1) is 9.17. The van der Waals surface area contributed by atoms with Crippen molar-refractivity contribution < 1.29 is 9.13 Å². The van der Waals surface area contributed by atoms with Crippen molar-refractivity contribution in [1.82, 2.24) is 0 Å². The third kappa shape index (κ3) is 1.63. The topological polar surface area (TPSA) is 9.23 Å². The van der Waals surface area contributed by atoms with E-state index in [1.54, 1.807) is 0 Å². The Morgan fingerprint density at radius 2 is 2.17 bits per heavy atom. The van der Waals surface area contributed by atoms with Gasteiger partial charge in [-0.15, -0.1) is 0 Å². The SMILES string of the molecule is [B]Cc1cc(OC)c(F)cc1[B]. The lowest BCUT2D eigenvalue weighted by molar-refractivity contribution is 0.386. The average molecular weight is 160 g/mol. The molecule has 0 amide bonds. The lowest BCUT2D eigenvalue weighted by atomic mass is 9.84. The predicted molar refractivity (Wildman–Crippen MR) is 47.8 cm³/mol. The molecule has 0 N–H and O–H groups in total. The monoisotopic (exact) mass is 160 g/mol. The molecule has 4 heteroatoms. The molecular formula is C8H7B2FO. The van der Waals surface area contributed by atoms with Gasteiger partial charge in [0, 0.05) is 0 Å². The van der Waals surface area contributed by atoms with Crippen LogP contribution in [0, 0.1) is 5.82 Å². The van der Waals surface area contributed by atoms with Gasteiger partial charge in [-0.3, -0.25) is 0 Å². The Hall–Kier alpha value is -0.920. The fourth-order valence-corrected chi connectivity index (χ4v) is 0.944. The maximum Gasteiger partial charge on any atom is 0.164 e. The molecule has 0 heterocycles. The van der Waals surface area contributed by atoms with Gasteiger partial charge in [0.05, 0.1) is 15.0 Å². The van der Waals surface area contributed by atoms with E-state index in [2.05, 4.69) is 0 Å². The molecule has 0 unspecified atom stereocenters. The van der Waals surface area contributed by atoms with Crippen LogP contribution in [0.2, 0.25) is 0 Å². The molecule has 0 aliphatic heterocycles. The van der Waals surface area contributed by atoms with Gasteiger partial charge in [0.15, 0.2) is 11.6 Å². The fraction of sp³-hybridized carbons (Fsp3) is 0.250. The maximum atomic E-state index is 12.9. The zero-order chi connectivity index (χ0) is 9.14. The summed E-state index contributed by atoms with van der Waals surface area (Å²) in [4.78, 5) is 0. The second kappa shape index (κ2) is 3.65. The summed E-state index contributed by atoms with van der Waals surface area (Å²) in [7, 11) is 12.2. The molecule has 0 aliphatic carbocycles. The van der Waals surface area contributed by atoms with Gasteiger partial charge in [-0.2, -0.15) is 0 Å². The number of ether oxygens (including phenoxy) is 1. The number of benzene rings is 1. The molecule has 0 atom stereocenters. The predicted octanol–water partition coefficient (Wildman–Crippen LogP) is 0.297. The maximum absolute atomic E-state index is 12.9. The van der Waals surface area contributed by atoms with Crippen molar-refractivity contribution in [2.45, 2.75) is 6.32 Å². The van der Waals surface area contributed by atoms with E-state index in [0.29, 0.717) is 11.0 Å². The molecule has 1 aromatic carbocycles. The van der Waals surface area contributed by atoms with E-state index in [-0.39, 0.29) is 12.1 Å².